The van der Waals surface area contributed by atoms with Gasteiger partial charge in [0, 0.05) is 19.5 Å². The first-order valence-corrected chi connectivity index (χ1v) is 5.68. The lowest BCUT2D eigenvalue weighted by atomic mass is 10.3. The van der Waals surface area contributed by atoms with Crippen molar-refractivity contribution in [1.82, 2.24) is 20.1 Å². The van der Waals surface area contributed by atoms with Gasteiger partial charge >= 0.3 is 0 Å². The maximum Gasteiger partial charge on any atom is 0.293 e. The summed E-state index contributed by atoms with van der Waals surface area (Å²) >= 11 is 0. The largest absolute Gasteiger partial charge is 0.388 e. The Morgan fingerprint density at radius 2 is 2.12 bits per heavy atom. The van der Waals surface area contributed by atoms with E-state index in [4.69, 9.17) is 0 Å². The van der Waals surface area contributed by atoms with Gasteiger partial charge in [0.25, 0.3) is 5.91 Å². The second-order valence-electron chi connectivity index (χ2n) is 4.20. The number of nitrogens with one attached hydrogen (secondary N) is 1. The number of amides is 1. The number of H-pyrrole nitrogens is 1. The van der Waals surface area contributed by atoms with Crippen LogP contribution in [0.5, 0.6) is 0 Å². The van der Waals surface area contributed by atoms with Crippen molar-refractivity contribution in [2.24, 2.45) is 0 Å². The summed E-state index contributed by atoms with van der Waals surface area (Å²) in [7, 11) is 0. The molecule has 3 N–H and O–H groups in total. The van der Waals surface area contributed by atoms with Gasteiger partial charge in [0.15, 0.2) is 0 Å². The highest BCUT2D eigenvalue weighted by Gasteiger charge is 2.34. The Kier molecular flexibility index (Phi) is 3.39. The molecule has 0 bridgehead atoms. The summed E-state index contributed by atoms with van der Waals surface area (Å²) in [5, 5.41) is 25.3. The highest BCUT2D eigenvalue weighted by atomic mass is 16.3. The van der Waals surface area contributed by atoms with Gasteiger partial charge in [0.05, 0.1) is 12.2 Å². The van der Waals surface area contributed by atoms with Crippen LogP contribution >= 0.6 is 0 Å². The van der Waals surface area contributed by atoms with Crippen molar-refractivity contribution in [3.05, 3.63) is 11.6 Å². The van der Waals surface area contributed by atoms with E-state index in [0.717, 1.165) is 12.8 Å². The Labute approximate surface area is 98.5 Å². The number of β-amino-alcohol motifs (C(OH)–C–C–N with tert-alkyl or cyclic N) is 2. The van der Waals surface area contributed by atoms with Crippen LogP contribution in [-0.4, -0.2) is 61.5 Å². The summed E-state index contributed by atoms with van der Waals surface area (Å²) in [6.45, 7) is 2.26. The van der Waals surface area contributed by atoms with Gasteiger partial charge in [-0.2, -0.15) is 0 Å². The fourth-order valence-corrected chi connectivity index (χ4v) is 1.82. The standard InChI is InChI=1S/C10H16N4O3/c1-2-3-8-11-9(13-12-8)10(17)14-4-6(15)7(16)5-14/h6-7,15-16H,2-5H2,1H3,(H,11,12,13). The molecule has 2 rings (SSSR count). The van der Waals surface area contributed by atoms with Crippen LogP contribution < -0.4 is 0 Å². The number of hydrogen-bond donors (Lipinski definition) is 3. The third-order valence-corrected chi connectivity index (χ3v) is 2.76. The molecule has 1 aromatic rings. The number of aromatic amines is 1. The van der Waals surface area contributed by atoms with Crippen molar-refractivity contribution in [2.75, 3.05) is 13.1 Å². The molecule has 0 aromatic carbocycles. The monoisotopic (exact) mass is 240 g/mol. The average Bonchev–Trinajstić information content (AvgIpc) is 2.87. The second kappa shape index (κ2) is 4.80. The number of aliphatic hydroxyl groups is 2. The van der Waals surface area contributed by atoms with Gasteiger partial charge in [0.2, 0.25) is 5.82 Å². The van der Waals surface area contributed by atoms with E-state index < -0.39 is 12.2 Å². The maximum absolute atomic E-state index is 11.9. The molecule has 7 nitrogen and oxygen atoms in total. The quantitative estimate of drug-likeness (QED) is 0.624. The van der Waals surface area contributed by atoms with E-state index in [1.54, 1.807) is 0 Å². The number of aryl methyl sites for hydroxylation is 1. The molecule has 7 heteroatoms. The number of rotatable bonds is 3. The maximum atomic E-state index is 11.9. The van der Waals surface area contributed by atoms with Gasteiger partial charge < -0.3 is 15.1 Å². The minimum Gasteiger partial charge on any atom is -0.388 e. The van der Waals surface area contributed by atoms with Gasteiger partial charge in [-0.1, -0.05) is 6.92 Å². The molecule has 1 saturated heterocycles. The van der Waals surface area contributed by atoms with Crippen molar-refractivity contribution < 1.29 is 15.0 Å². The molecule has 1 aromatic heterocycles. The lowest BCUT2D eigenvalue weighted by Crippen LogP contribution is -2.30. The predicted octanol–water partition coefficient (Wildman–Crippen LogP) is -1.07. The number of carbonyl (C=O) groups is 1. The van der Waals surface area contributed by atoms with Crippen molar-refractivity contribution in [3.63, 3.8) is 0 Å². The zero-order valence-corrected chi connectivity index (χ0v) is 9.63. The first kappa shape index (κ1) is 12.0. The van der Waals surface area contributed by atoms with E-state index in [1.165, 1.54) is 4.90 Å². The fourth-order valence-electron chi connectivity index (χ4n) is 1.82. The minimum absolute atomic E-state index is 0.0924. The van der Waals surface area contributed by atoms with Crippen molar-refractivity contribution in [3.8, 4) is 0 Å². The third kappa shape index (κ3) is 2.45. The smallest absolute Gasteiger partial charge is 0.293 e. The minimum atomic E-state index is -0.881. The Bertz CT molecular complexity index is 396. The van der Waals surface area contributed by atoms with Gasteiger partial charge in [-0.15, -0.1) is 5.10 Å². The number of aliphatic hydroxyl groups excluding tert-OH is 2. The number of hydrogen-bond acceptors (Lipinski definition) is 5. The molecule has 0 saturated carbocycles. The Hall–Kier alpha value is -1.47. The predicted molar refractivity (Wildman–Crippen MR) is 58.3 cm³/mol. The highest BCUT2D eigenvalue weighted by molar-refractivity contribution is 5.90. The SMILES string of the molecule is CCCc1nc(C(=O)N2CC(O)C(O)C2)n[nH]1. The lowest BCUT2D eigenvalue weighted by molar-refractivity contribution is 0.0572. The average molecular weight is 240 g/mol. The number of likely N-dealkylation sites (tertiary alicyclic amines) is 1. The topological polar surface area (TPSA) is 102 Å². The number of aromatic nitrogens is 3. The zero-order valence-electron chi connectivity index (χ0n) is 9.63. The molecule has 2 atom stereocenters. The summed E-state index contributed by atoms with van der Waals surface area (Å²) in [6, 6.07) is 0. The Morgan fingerprint density at radius 3 is 2.71 bits per heavy atom. The van der Waals surface area contributed by atoms with E-state index in [1.807, 2.05) is 6.92 Å². The number of nitrogens with zero attached hydrogens (tertiary/aromatic N) is 3. The van der Waals surface area contributed by atoms with Crippen LogP contribution in [0.3, 0.4) is 0 Å². The second-order valence-corrected chi connectivity index (χ2v) is 4.20. The molecule has 1 amide bonds. The van der Waals surface area contributed by atoms with Crippen LogP contribution in [0.4, 0.5) is 0 Å². The molecule has 1 fully saturated rings. The van der Waals surface area contributed by atoms with Crippen LogP contribution in [-0.2, 0) is 6.42 Å². The van der Waals surface area contributed by atoms with E-state index >= 15 is 0 Å². The summed E-state index contributed by atoms with van der Waals surface area (Å²) in [4.78, 5) is 17.3. The summed E-state index contributed by atoms with van der Waals surface area (Å²) in [5.41, 5.74) is 0. The molecule has 17 heavy (non-hydrogen) atoms. The van der Waals surface area contributed by atoms with Crippen LogP contribution in [0.25, 0.3) is 0 Å². The van der Waals surface area contributed by atoms with Crippen molar-refractivity contribution >= 4 is 5.91 Å². The Morgan fingerprint density at radius 1 is 1.47 bits per heavy atom. The first-order valence-electron chi connectivity index (χ1n) is 5.68. The summed E-state index contributed by atoms with van der Waals surface area (Å²) in [5.74, 6) is 0.407. The fraction of sp³-hybridized carbons (Fsp3) is 0.700. The molecule has 0 aliphatic carbocycles. The van der Waals surface area contributed by atoms with Gasteiger partial charge in [-0.05, 0) is 6.42 Å². The van der Waals surface area contributed by atoms with Crippen molar-refractivity contribution in [1.29, 1.82) is 0 Å². The van der Waals surface area contributed by atoms with E-state index in [-0.39, 0.29) is 24.8 Å². The van der Waals surface area contributed by atoms with Crippen LogP contribution in [0.2, 0.25) is 0 Å². The highest BCUT2D eigenvalue weighted by Crippen LogP contribution is 2.12. The van der Waals surface area contributed by atoms with Gasteiger partial charge in [0.1, 0.15) is 5.82 Å². The zero-order chi connectivity index (χ0) is 12.4. The summed E-state index contributed by atoms with van der Waals surface area (Å²) < 4.78 is 0. The third-order valence-electron chi connectivity index (χ3n) is 2.76. The molecule has 0 spiro atoms. The molecule has 0 radical (unpaired) electrons. The molecule has 94 valence electrons. The van der Waals surface area contributed by atoms with E-state index in [2.05, 4.69) is 15.2 Å². The normalized spacial score (nSPS) is 24.3. The molecule has 1 aliphatic heterocycles. The van der Waals surface area contributed by atoms with Crippen LogP contribution in [0, 0.1) is 0 Å². The molecule has 1 aliphatic rings. The van der Waals surface area contributed by atoms with E-state index in [9.17, 15) is 15.0 Å². The van der Waals surface area contributed by atoms with Gasteiger partial charge in [-0.3, -0.25) is 9.89 Å². The van der Waals surface area contributed by atoms with Crippen LogP contribution in [0.15, 0.2) is 0 Å². The van der Waals surface area contributed by atoms with Crippen molar-refractivity contribution in [2.45, 2.75) is 32.0 Å². The van der Waals surface area contributed by atoms with Gasteiger partial charge in [-0.25, -0.2) is 4.98 Å². The molecule has 2 unspecified atom stereocenters. The number of carbonyl (C=O) groups excluding carboxylic acids is 1. The first-order chi connectivity index (χ1) is 8.11. The summed E-state index contributed by atoms with van der Waals surface area (Å²) in [6.07, 6.45) is -0.101. The lowest BCUT2D eigenvalue weighted by Gasteiger charge is -2.12. The Balaban J connectivity index is 2.04. The van der Waals surface area contributed by atoms with Crippen LogP contribution in [0.1, 0.15) is 29.8 Å². The molecular weight excluding hydrogens is 224 g/mol. The molecular formula is C10H16N4O3. The molecule has 2 heterocycles. The van der Waals surface area contributed by atoms with E-state index in [0.29, 0.717) is 5.82 Å².